The van der Waals surface area contributed by atoms with Crippen LogP contribution in [0.4, 0.5) is 5.69 Å². The SMILES string of the molecule is CN(C)c1c[nH]c2ccc(-c3nc(CNCc4ccccc4)cs3)cc12. The van der Waals surface area contributed by atoms with Crippen molar-refractivity contribution in [2.75, 3.05) is 19.0 Å². The van der Waals surface area contributed by atoms with Crippen LogP contribution in [0.15, 0.2) is 60.1 Å². The van der Waals surface area contributed by atoms with Crippen molar-refractivity contribution in [2.24, 2.45) is 0 Å². The van der Waals surface area contributed by atoms with E-state index in [0.29, 0.717) is 0 Å². The summed E-state index contributed by atoms with van der Waals surface area (Å²) in [5.41, 5.74) is 5.89. The lowest BCUT2D eigenvalue weighted by atomic mass is 10.1. The Hall–Kier alpha value is -2.63. The Kier molecular flexibility index (Phi) is 4.73. The molecule has 0 saturated heterocycles. The minimum atomic E-state index is 0.779. The fourth-order valence-electron chi connectivity index (χ4n) is 3.06. The minimum Gasteiger partial charge on any atom is -0.376 e. The summed E-state index contributed by atoms with van der Waals surface area (Å²) in [5.74, 6) is 0. The Balaban J connectivity index is 1.49. The van der Waals surface area contributed by atoms with Gasteiger partial charge in [0.15, 0.2) is 0 Å². The molecule has 2 N–H and O–H groups in total. The van der Waals surface area contributed by atoms with E-state index in [-0.39, 0.29) is 0 Å². The first kappa shape index (κ1) is 16.8. The maximum Gasteiger partial charge on any atom is 0.123 e. The highest BCUT2D eigenvalue weighted by molar-refractivity contribution is 7.13. The van der Waals surface area contributed by atoms with Crippen LogP contribution >= 0.6 is 11.3 Å². The van der Waals surface area contributed by atoms with E-state index in [1.54, 1.807) is 11.3 Å². The highest BCUT2D eigenvalue weighted by atomic mass is 32.1. The van der Waals surface area contributed by atoms with Crippen molar-refractivity contribution in [1.82, 2.24) is 15.3 Å². The van der Waals surface area contributed by atoms with Gasteiger partial charge in [0.25, 0.3) is 0 Å². The lowest BCUT2D eigenvalue weighted by Gasteiger charge is -2.10. The van der Waals surface area contributed by atoms with Crippen molar-refractivity contribution < 1.29 is 0 Å². The molecule has 0 fully saturated rings. The summed E-state index contributed by atoms with van der Waals surface area (Å²) in [6, 6.07) is 16.9. The number of thiazole rings is 1. The third kappa shape index (κ3) is 3.49. The number of hydrogen-bond acceptors (Lipinski definition) is 4. The van der Waals surface area contributed by atoms with E-state index in [1.165, 1.54) is 22.2 Å². The molecule has 5 heteroatoms. The van der Waals surface area contributed by atoms with Crippen LogP contribution < -0.4 is 10.2 Å². The highest BCUT2D eigenvalue weighted by Gasteiger charge is 2.10. The molecular formula is C21H22N4S. The van der Waals surface area contributed by atoms with Gasteiger partial charge in [0.1, 0.15) is 5.01 Å². The monoisotopic (exact) mass is 362 g/mol. The number of nitrogens with one attached hydrogen (secondary N) is 2. The van der Waals surface area contributed by atoms with Gasteiger partial charge in [-0.1, -0.05) is 30.3 Å². The lowest BCUT2D eigenvalue weighted by molar-refractivity contribution is 0.683. The molecule has 0 aliphatic rings. The molecule has 26 heavy (non-hydrogen) atoms. The molecule has 0 spiro atoms. The number of benzene rings is 2. The molecule has 2 heterocycles. The standard InChI is InChI=1S/C21H22N4S/c1-25(2)20-13-23-19-9-8-16(10-18(19)20)21-24-17(14-26-21)12-22-11-15-6-4-3-5-7-15/h3-10,13-14,22-23H,11-12H2,1-2H3. The van der Waals surface area contributed by atoms with Gasteiger partial charge in [0.05, 0.1) is 11.4 Å². The Morgan fingerprint density at radius 1 is 1.08 bits per heavy atom. The molecule has 0 bridgehead atoms. The summed E-state index contributed by atoms with van der Waals surface area (Å²) < 4.78 is 0. The Bertz CT molecular complexity index is 1000. The van der Waals surface area contributed by atoms with Crippen molar-refractivity contribution in [3.8, 4) is 10.6 Å². The molecule has 4 aromatic rings. The van der Waals surface area contributed by atoms with Crippen LogP contribution in [0.25, 0.3) is 21.5 Å². The third-order valence-corrected chi connectivity index (χ3v) is 5.36. The summed E-state index contributed by atoms with van der Waals surface area (Å²) in [6.07, 6.45) is 2.05. The first-order valence-corrected chi connectivity index (χ1v) is 9.56. The molecule has 0 radical (unpaired) electrons. The topological polar surface area (TPSA) is 44.0 Å². The van der Waals surface area contributed by atoms with Gasteiger partial charge in [-0.05, 0) is 23.8 Å². The number of fused-ring (bicyclic) bond motifs is 1. The third-order valence-electron chi connectivity index (χ3n) is 4.42. The summed E-state index contributed by atoms with van der Waals surface area (Å²) in [4.78, 5) is 10.3. The van der Waals surface area contributed by atoms with Crippen LogP contribution in [0.2, 0.25) is 0 Å². The molecule has 0 atom stereocenters. The van der Waals surface area contributed by atoms with Gasteiger partial charge in [-0.3, -0.25) is 0 Å². The summed E-state index contributed by atoms with van der Waals surface area (Å²) in [5, 5.41) is 7.90. The van der Waals surface area contributed by atoms with E-state index in [0.717, 1.165) is 29.3 Å². The molecule has 2 aromatic heterocycles. The second kappa shape index (κ2) is 7.32. The number of aromatic nitrogens is 2. The predicted octanol–water partition coefficient (Wildman–Crippen LogP) is 4.65. The van der Waals surface area contributed by atoms with E-state index in [2.05, 4.69) is 83.3 Å². The number of rotatable bonds is 6. The quantitative estimate of drug-likeness (QED) is 0.525. The van der Waals surface area contributed by atoms with Gasteiger partial charge in [-0.15, -0.1) is 11.3 Å². The van der Waals surface area contributed by atoms with Crippen molar-refractivity contribution in [1.29, 1.82) is 0 Å². The number of nitrogens with zero attached hydrogens (tertiary/aromatic N) is 2. The number of aromatic amines is 1. The van der Waals surface area contributed by atoms with Crippen LogP contribution in [-0.2, 0) is 13.1 Å². The van der Waals surface area contributed by atoms with Gasteiger partial charge < -0.3 is 15.2 Å². The maximum atomic E-state index is 4.81. The second-order valence-corrected chi connectivity index (χ2v) is 7.42. The van der Waals surface area contributed by atoms with Crippen LogP contribution in [0, 0.1) is 0 Å². The first-order valence-electron chi connectivity index (χ1n) is 8.68. The van der Waals surface area contributed by atoms with Crippen molar-refractivity contribution in [3.05, 3.63) is 71.4 Å². The smallest absolute Gasteiger partial charge is 0.123 e. The van der Waals surface area contributed by atoms with Crippen molar-refractivity contribution in [3.63, 3.8) is 0 Å². The number of hydrogen-bond donors (Lipinski definition) is 2. The fourth-order valence-corrected chi connectivity index (χ4v) is 3.88. The average molecular weight is 363 g/mol. The van der Waals surface area contributed by atoms with Crippen LogP contribution in [0.3, 0.4) is 0 Å². The van der Waals surface area contributed by atoms with E-state index in [4.69, 9.17) is 4.98 Å². The molecular weight excluding hydrogens is 340 g/mol. The van der Waals surface area contributed by atoms with E-state index < -0.39 is 0 Å². The Morgan fingerprint density at radius 3 is 2.73 bits per heavy atom. The average Bonchev–Trinajstić information content (AvgIpc) is 3.29. The zero-order chi connectivity index (χ0) is 17.9. The molecule has 0 amide bonds. The normalized spacial score (nSPS) is 11.2. The molecule has 4 rings (SSSR count). The molecule has 0 unspecified atom stereocenters. The van der Waals surface area contributed by atoms with Gasteiger partial charge in [0, 0.05) is 55.2 Å². The highest BCUT2D eigenvalue weighted by Crippen LogP contribution is 2.31. The summed E-state index contributed by atoms with van der Waals surface area (Å²) in [6.45, 7) is 1.63. The van der Waals surface area contributed by atoms with Gasteiger partial charge in [-0.2, -0.15) is 0 Å². The lowest BCUT2D eigenvalue weighted by Crippen LogP contribution is -2.12. The molecule has 4 nitrogen and oxygen atoms in total. The Labute approximate surface area is 157 Å². The van der Waals surface area contributed by atoms with Crippen molar-refractivity contribution in [2.45, 2.75) is 13.1 Å². The molecule has 0 aliphatic carbocycles. The maximum absolute atomic E-state index is 4.81. The van der Waals surface area contributed by atoms with E-state index >= 15 is 0 Å². The summed E-state index contributed by atoms with van der Waals surface area (Å²) in [7, 11) is 4.13. The first-order chi connectivity index (χ1) is 12.7. The van der Waals surface area contributed by atoms with Gasteiger partial charge >= 0.3 is 0 Å². The van der Waals surface area contributed by atoms with E-state index in [1.807, 2.05) is 6.07 Å². The molecule has 0 saturated carbocycles. The van der Waals surface area contributed by atoms with Gasteiger partial charge in [-0.25, -0.2) is 4.98 Å². The molecule has 132 valence electrons. The molecule has 2 aromatic carbocycles. The number of anilines is 1. The van der Waals surface area contributed by atoms with E-state index in [9.17, 15) is 0 Å². The van der Waals surface area contributed by atoms with Crippen molar-refractivity contribution >= 4 is 27.9 Å². The van der Waals surface area contributed by atoms with Gasteiger partial charge in [0.2, 0.25) is 0 Å². The van der Waals surface area contributed by atoms with Crippen LogP contribution in [-0.4, -0.2) is 24.1 Å². The Morgan fingerprint density at radius 2 is 1.92 bits per heavy atom. The minimum absolute atomic E-state index is 0.779. The van der Waals surface area contributed by atoms with Crippen LogP contribution in [0.1, 0.15) is 11.3 Å². The predicted molar refractivity (Wildman–Crippen MR) is 111 cm³/mol. The number of H-pyrrole nitrogens is 1. The van der Waals surface area contributed by atoms with Crippen LogP contribution in [0.5, 0.6) is 0 Å². The zero-order valence-electron chi connectivity index (χ0n) is 15.0. The zero-order valence-corrected chi connectivity index (χ0v) is 15.8. The summed E-state index contributed by atoms with van der Waals surface area (Å²) >= 11 is 1.70. The molecule has 0 aliphatic heterocycles. The second-order valence-electron chi connectivity index (χ2n) is 6.56. The largest absolute Gasteiger partial charge is 0.376 e. The fraction of sp³-hybridized carbons (Fsp3) is 0.190.